The number of benzene rings is 1. The quantitative estimate of drug-likeness (QED) is 0.686. The van der Waals surface area contributed by atoms with Crippen molar-refractivity contribution in [1.82, 2.24) is 0 Å². The van der Waals surface area contributed by atoms with Gasteiger partial charge in [-0.05, 0) is 36.2 Å². The van der Waals surface area contributed by atoms with Crippen LogP contribution in [-0.2, 0) is 6.42 Å². The molecule has 1 unspecified atom stereocenters. The Morgan fingerprint density at radius 1 is 1.26 bits per heavy atom. The van der Waals surface area contributed by atoms with Gasteiger partial charge in [-0.25, -0.2) is 0 Å². The lowest BCUT2D eigenvalue weighted by Crippen LogP contribution is -2.02. The first kappa shape index (κ1) is 14.3. The third-order valence-electron chi connectivity index (χ3n) is 2.66. The molecule has 0 aliphatic carbocycles. The Labute approximate surface area is 119 Å². The van der Waals surface area contributed by atoms with E-state index in [1.807, 2.05) is 12.1 Å². The summed E-state index contributed by atoms with van der Waals surface area (Å²) in [5, 5.41) is -0.341. The molecule has 0 amide bonds. The molecule has 0 spiro atoms. The largest absolute Gasteiger partial charge is 0.435 e. The maximum atomic E-state index is 12.2. The standard InChI is InChI=1S/C14H13ClF2OS/c1-2-11-6-7-12(19-11)13(15)9-4-3-5-10(8-9)18-14(16)17/h3-8,13-14H,2H2,1H3. The van der Waals surface area contributed by atoms with E-state index in [4.69, 9.17) is 11.6 Å². The van der Waals surface area contributed by atoms with E-state index in [9.17, 15) is 8.78 Å². The smallest absolute Gasteiger partial charge is 0.387 e. The third kappa shape index (κ3) is 3.67. The molecular weight excluding hydrogens is 290 g/mol. The Morgan fingerprint density at radius 2 is 2.05 bits per heavy atom. The monoisotopic (exact) mass is 302 g/mol. The van der Waals surface area contributed by atoms with Gasteiger partial charge in [0.25, 0.3) is 0 Å². The highest BCUT2D eigenvalue weighted by Gasteiger charge is 2.14. The topological polar surface area (TPSA) is 9.23 Å². The maximum absolute atomic E-state index is 12.2. The molecule has 2 aromatic rings. The van der Waals surface area contributed by atoms with Crippen LogP contribution in [0.1, 0.15) is 27.6 Å². The van der Waals surface area contributed by atoms with Crippen molar-refractivity contribution >= 4 is 22.9 Å². The minimum Gasteiger partial charge on any atom is -0.435 e. The van der Waals surface area contributed by atoms with Crippen molar-refractivity contribution in [2.45, 2.75) is 25.3 Å². The molecule has 2 rings (SSSR count). The van der Waals surface area contributed by atoms with Gasteiger partial charge in [0, 0.05) is 9.75 Å². The highest BCUT2D eigenvalue weighted by atomic mass is 35.5. The van der Waals surface area contributed by atoms with E-state index < -0.39 is 6.61 Å². The van der Waals surface area contributed by atoms with Crippen LogP contribution in [0.4, 0.5) is 8.78 Å². The summed E-state index contributed by atoms with van der Waals surface area (Å²) in [6, 6.07) is 10.5. The molecule has 1 heterocycles. The van der Waals surface area contributed by atoms with E-state index >= 15 is 0 Å². The highest BCUT2D eigenvalue weighted by molar-refractivity contribution is 7.12. The molecule has 0 radical (unpaired) electrons. The summed E-state index contributed by atoms with van der Waals surface area (Å²) in [5.74, 6) is 0.130. The first-order valence-electron chi connectivity index (χ1n) is 5.87. The van der Waals surface area contributed by atoms with Gasteiger partial charge in [-0.1, -0.05) is 19.1 Å². The third-order valence-corrected chi connectivity index (χ3v) is 4.57. The van der Waals surface area contributed by atoms with Gasteiger partial charge in [-0.2, -0.15) is 8.78 Å². The van der Waals surface area contributed by atoms with Gasteiger partial charge >= 0.3 is 6.61 Å². The Balaban J connectivity index is 2.20. The second kappa shape index (κ2) is 6.35. The van der Waals surface area contributed by atoms with Crippen molar-refractivity contribution in [2.75, 3.05) is 0 Å². The second-order valence-corrected chi connectivity index (χ2v) is 5.61. The van der Waals surface area contributed by atoms with Gasteiger partial charge in [-0.15, -0.1) is 22.9 Å². The van der Waals surface area contributed by atoms with E-state index in [0.717, 1.165) is 16.9 Å². The molecule has 1 aromatic heterocycles. The van der Waals surface area contributed by atoms with E-state index in [0.29, 0.717) is 0 Å². The number of alkyl halides is 3. The Hall–Kier alpha value is -1.13. The normalized spacial score (nSPS) is 12.7. The van der Waals surface area contributed by atoms with Crippen molar-refractivity contribution in [2.24, 2.45) is 0 Å². The van der Waals surface area contributed by atoms with Crippen molar-refractivity contribution in [3.05, 3.63) is 51.7 Å². The SMILES string of the molecule is CCc1ccc(C(Cl)c2cccc(OC(F)F)c2)s1. The molecule has 1 nitrogen and oxygen atoms in total. The Bertz CT molecular complexity index is 542. The van der Waals surface area contributed by atoms with Crippen LogP contribution in [0.3, 0.4) is 0 Å². The maximum Gasteiger partial charge on any atom is 0.387 e. The van der Waals surface area contributed by atoms with Gasteiger partial charge in [0.2, 0.25) is 0 Å². The summed E-state index contributed by atoms with van der Waals surface area (Å²) in [6.07, 6.45) is 0.961. The predicted molar refractivity (Wildman–Crippen MR) is 74.5 cm³/mol. The van der Waals surface area contributed by atoms with Crippen LogP contribution in [0.15, 0.2) is 36.4 Å². The summed E-state index contributed by atoms with van der Waals surface area (Å²) in [4.78, 5) is 2.26. The minimum atomic E-state index is -2.82. The lowest BCUT2D eigenvalue weighted by molar-refractivity contribution is -0.0498. The lowest BCUT2D eigenvalue weighted by atomic mass is 10.1. The summed E-state index contributed by atoms with van der Waals surface area (Å²) in [6.45, 7) is -0.742. The van der Waals surface area contributed by atoms with Crippen LogP contribution in [0.5, 0.6) is 5.75 Å². The molecule has 0 saturated heterocycles. The lowest BCUT2D eigenvalue weighted by Gasteiger charge is -2.10. The van der Waals surface area contributed by atoms with Crippen molar-refractivity contribution in [3.8, 4) is 5.75 Å². The number of halogens is 3. The van der Waals surface area contributed by atoms with E-state index in [1.54, 1.807) is 29.5 Å². The number of hydrogen-bond acceptors (Lipinski definition) is 2. The molecule has 0 fully saturated rings. The number of thiophene rings is 1. The molecule has 1 aromatic carbocycles. The fraction of sp³-hybridized carbons (Fsp3) is 0.286. The minimum absolute atomic E-state index is 0.130. The van der Waals surface area contributed by atoms with Gasteiger partial charge < -0.3 is 4.74 Å². The first-order chi connectivity index (χ1) is 9.10. The predicted octanol–water partition coefficient (Wildman–Crippen LogP) is 5.24. The van der Waals surface area contributed by atoms with Gasteiger partial charge in [-0.3, -0.25) is 0 Å². The summed E-state index contributed by atoms with van der Waals surface area (Å²) >= 11 is 8.01. The zero-order valence-electron chi connectivity index (χ0n) is 10.3. The number of rotatable bonds is 5. The van der Waals surface area contributed by atoms with Crippen LogP contribution in [0, 0.1) is 0 Å². The van der Waals surface area contributed by atoms with Crippen LogP contribution >= 0.6 is 22.9 Å². The van der Waals surface area contributed by atoms with Crippen molar-refractivity contribution in [3.63, 3.8) is 0 Å². The van der Waals surface area contributed by atoms with E-state index in [2.05, 4.69) is 11.7 Å². The number of hydrogen-bond donors (Lipinski definition) is 0. The number of ether oxygens (including phenoxy) is 1. The highest BCUT2D eigenvalue weighted by Crippen LogP contribution is 2.35. The molecule has 1 atom stereocenters. The van der Waals surface area contributed by atoms with Crippen LogP contribution in [0.2, 0.25) is 0 Å². The Morgan fingerprint density at radius 3 is 2.68 bits per heavy atom. The molecule has 5 heteroatoms. The summed E-state index contributed by atoms with van der Waals surface area (Å²) in [7, 11) is 0. The van der Waals surface area contributed by atoms with Crippen molar-refractivity contribution < 1.29 is 13.5 Å². The molecule has 0 bridgehead atoms. The number of aryl methyl sites for hydroxylation is 1. The zero-order chi connectivity index (χ0) is 13.8. The summed E-state index contributed by atoms with van der Waals surface area (Å²) < 4.78 is 28.7. The second-order valence-electron chi connectivity index (χ2n) is 3.97. The molecule has 19 heavy (non-hydrogen) atoms. The molecular formula is C14H13ClF2OS. The average Bonchev–Trinajstić information content (AvgIpc) is 2.86. The van der Waals surface area contributed by atoms with E-state index in [-0.39, 0.29) is 11.1 Å². The molecule has 0 aliphatic rings. The Kier molecular flexibility index (Phi) is 4.77. The van der Waals surface area contributed by atoms with Crippen molar-refractivity contribution in [1.29, 1.82) is 0 Å². The van der Waals surface area contributed by atoms with Crippen LogP contribution in [-0.4, -0.2) is 6.61 Å². The molecule has 102 valence electrons. The average molecular weight is 303 g/mol. The van der Waals surface area contributed by atoms with Gasteiger partial charge in [0.1, 0.15) is 5.75 Å². The molecule has 0 saturated carbocycles. The fourth-order valence-electron chi connectivity index (χ4n) is 1.73. The van der Waals surface area contributed by atoms with Crippen LogP contribution < -0.4 is 4.74 Å². The van der Waals surface area contributed by atoms with E-state index in [1.165, 1.54) is 10.9 Å². The van der Waals surface area contributed by atoms with Crippen LogP contribution in [0.25, 0.3) is 0 Å². The van der Waals surface area contributed by atoms with Gasteiger partial charge in [0.05, 0.1) is 5.38 Å². The zero-order valence-corrected chi connectivity index (χ0v) is 11.8. The first-order valence-corrected chi connectivity index (χ1v) is 7.13. The summed E-state index contributed by atoms with van der Waals surface area (Å²) in [5.41, 5.74) is 0.754. The molecule has 0 N–H and O–H groups in total. The fourth-order valence-corrected chi connectivity index (χ4v) is 3.03. The van der Waals surface area contributed by atoms with Gasteiger partial charge in [0.15, 0.2) is 0 Å². The molecule has 0 aliphatic heterocycles.